The van der Waals surface area contributed by atoms with Gasteiger partial charge in [-0.1, -0.05) is 6.92 Å². The third-order valence-corrected chi connectivity index (χ3v) is 1.23. The van der Waals surface area contributed by atoms with E-state index in [1.54, 1.807) is 0 Å². The molecule has 0 saturated carbocycles. The van der Waals surface area contributed by atoms with E-state index < -0.39 is 0 Å². The van der Waals surface area contributed by atoms with Crippen molar-refractivity contribution >= 4 is 6.09 Å². The van der Waals surface area contributed by atoms with Crippen LogP contribution in [0.3, 0.4) is 0 Å². The van der Waals surface area contributed by atoms with Crippen LogP contribution in [0.15, 0.2) is 0 Å². The molecular weight excluding hydrogens is 142 g/mol. The van der Waals surface area contributed by atoms with Gasteiger partial charge in [-0.05, 0) is 26.7 Å². The van der Waals surface area contributed by atoms with Gasteiger partial charge in [0.25, 0.3) is 0 Å². The number of carbonyl (C=O) groups excluding carboxylic acids is 1. The zero-order valence-corrected chi connectivity index (χ0v) is 7.22. The first-order chi connectivity index (χ1) is 5.20. The summed E-state index contributed by atoms with van der Waals surface area (Å²) >= 11 is 0. The highest BCUT2D eigenvalue weighted by atomic mass is 16.6. The molecule has 0 aromatic rings. The third kappa shape index (κ3) is 5.70. The zero-order chi connectivity index (χ0) is 8.69. The molecule has 3 heteroatoms. The molecule has 0 bridgehead atoms. The normalized spacial score (nSPS) is 12.3. The van der Waals surface area contributed by atoms with Crippen LogP contribution in [0.1, 0.15) is 26.7 Å². The predicted octanol–water partition coefficient (Wildman–Crippen LogP) is 1.74. The van der Waals surface area contributed by atoms with Crippen molar-refractivity contribution < 1.29 is 9.53 Å². The molecule has 0 saturated heterocycles. The molecule has 0 aliphatic heterocycles. The topological polar surface area (TPSA) is 38.3 Å². The van der Waals surface area contributed by atoms with E-state index >= 15 is 0 Å². The summed E-state index contributed by atoms with van der Waals surface area (Å²) in [7, 11) is 0. The average molecular weight is 158 g/mol. The number of alkyl carbamates (subject to hydrolysis) is 1. The number of amides is 1. The van der Waals surface area contributed by atoms with Crippen molar-refractivity contribution in [3.8, 4) is 0 Å². The van der Waals surface area contributed by atoms with Crippen LogP contribution in [0.5, 0.6) is 0 Å². The summed E-state index contributed by atoms with van der Waals surface area (Å²) in [6.07, 6.45) is 1.10. The molecule has 1 unspecified atom stereocenters. The summed E-state index contributed by atoms with van der Waals surface area (Å²) in [6.45, 7) is 8.09. The van der Waals surface area contributed by atoms with E-state index in [0.29, 0.717) is 13.0 Å². The first-order valence-corrected chi connectivity index (χ1v) is 3.94. The lowest BCUT2D eigenvalue weighted by atomic mass is 10.3. The minimum absolute atomic E-state index is 0.0909. The van der Waals surface area contributed by atoms with E-state index in [0.717, 1.165) is 6.42 Å². The van der Waals surface area contributed by atoms with Gasteiger partial charge in [-0.25, -0.2) is 4.79 Å². The lowest BCUT2D eigenvalue weighted by Crippen LogP contribution is -2.28. The Bertz CT molecular complexity index is 115. The van der Waals surface area contributed by atoms with Crippen molar-refractivity contribution in [2.45, 2.75) is 32.8 Å². The van der Waals surface area contributed by atoms with Gasteiger partial charge in [0.2, 0.25) is 0 Å². The Morgan fingerprint density at radius 3 is 2.82 bits per heavy atom. The van der Waals surface area contributed by atoms with E-state index in [2.05, 4.69) is 12.2 Å². The number of rotatable bonds is 4. The second-order valence-electron chi connectivity index (χ2n) is 2.43. The minimum Gasteiger partial charge on any atom is -0.447 e. The van der Waals surface area contributed by atoms with Gasteiger partial charge in [0.1, 0.15) is 6.10 Å². The Hall–Kier alpha value is -0.730. The zero-order valence-electron chi connectivity index (χ0n) is 7.22. The fourth-order valence-electron chi connectivity index (χ4n) is 0.510. The lowest BCUT2D eigenvalue weighted by molar-refractivity contribution is 0.108. The largest absolute Gasteiger partial charge is 0.447 e. The second kappa shape index (κ2) is 6.01. The minimum atomic E-state index is -0.344. The highest BCUT2D eigenvalue weighted by Crippen LogP contribution is 1.94. The Morgan fingerprint density at radius 2 is 2.36 bits per heavy atom. The quantitative estimate of drug-likeness (QED) is 0.676. The van der Waals surface area contributed by atoms with Crippen LogP contribution in [0.25, 0.3) is 0 Å². The number of hydrogen-bond acceptors (Lipinski definition) is 2. The van der Waals surface area contributed by atoms with Crippen molar-refractivity contribution in [3.63, 3.8) is 0 Å². The van der Waals surface area contributed by atoms with Gasteiger partial charge in [-0.15, -0.1) is 0 Å². The molecule has 1 amide bonds. The van der Waals surface area contributed by atoms with Gasteiger partial charge in [0, 0.05) is 6.54 Å². The van der Waals surface area contributed by atoms with Crippen LogP contribution in [-0.4, -0.2) is 18.7 Å². The van der Waals surface area contributed by atoms with Crippen LogP contribution in [-0.2, 0) is 4.74 Å². The lowest BCUT2D eigenvalue weighted by Gasteiger charge is -2.10. The molecule has 0 aliphatic carbocycles. The van der Waals surface area contributed by atoms with Gasteiger partial charge >= 0.3 is 6.09 Å². The SMILES string of the molecule is [CH2]CC(C)OC(=O)NCCC. The van der Waals surface area contributed by atoms with E-state index in [1.165, 1.54) is 0 Å². The number of carbonyl (C=O) groups is 1. The standard InChI is InChI=1S/C8H16NO2/c1-4-6-9-8(10)11-7(3)5-2/h7H,2,4-6H2,1,3H3,(H,9,10). The van der Waals surface area contributed by atoms with E-state index in [4.69, 9.17) is 4.74 Å². The smallest absolute Gasteiger partial charge is 0.407 e. The Balaban J connectivity index is 3.36. The van der Waals surface area contributed by atoms with E-state index in [1.807, 2.05) is 13.8 Å². The first kappa shape index (κ1) is 10.3. The van der Waals surface area contributed by atoms with Crippen molar-refractivity contribution in [1.82, 2.24) is 5.32 Å². The number of ether oxygens (including phenoxy) is 1. The molecule has 0 spiro atoms. The molecule has 11 heavy (non-hydrogen) atoms. The average Bonchev–Trinajstić information content (AvgIpc) is 2.00. The van der Waals surface area contributed by atoms with Gasteiger partial charge in [0.15, 0.2) is 0 Å². The summed E-state index contributed by atoms with van der Waals surface area (Å²) in [6, 6.07) is 0. The van der Waals surface area contributed by atoms with Gasteiger partial charge in [0.05, 0.1) is 0 Å². The molecule has 0 aliphatic rings. The highest BCUT2D eigenvalue weighted by Gasteiger charge is 2.04. The van der Waals surface area contributed by atoms with Crippen LogP contribution >= 0.6 is 0 Å². The van der Waals surface area contributed by atoms with Crippen molar-refractivity contribution in [2.75, 3.05) is 6.54 Å². The Morgan fingerprint density at radius 1 is 1.73 bits per heavy atom. The van der Waals surface area contributed by atoms with Crippen LogP contribution in [0.2, 0.25) is 0 Å². The van der Waals surface area contributed by atoms with Crippen molar-refractivity contribution in [1.29, 1.82) is 0 Å². The van der Waals surface area contributed by atoms with E-state index in [-0.39, 0.29) is 12.2 Å². The van der Waals surface area contributed by atoms with Crippen LogP contribution in [0, 0.1) is 6.92 Å². The first-order valence-electron chi connectivity index (χ1n) is 3.94. The molecule has 0 fully saturated rings. The summed E-state index contributed by atoms with van der Waals surface area (Å²) in [4.78, 5) is 10.8. The third-order valence-electron chi connectivity index (χ3n) is 1.23. The molecule has 3 nitrogen and oxygen atoms in total. The molecule has 1 N–H and O–H groups in total. The fraction of sp³-hybridized carbons (Fsp3) is 0.750. The summed E-state index contributed by atoms with van der Waals surface area (Å²) < 4.78 is 4.89. The maximum absolute atomic E-state index is 10.8. The Kier molecular flexibility index (Phi) is 5.61. The van der Waals surface area contributed by atoms with Crippen molar-refractivity contribution in [2.24, 2.45) is 0 Å². The predicted molar refractivity (Wildman–Crippen MR) is 44.2 cm³/mol. The molecule has 0 heterocycles. The van der Waals surface area contributed by atoms with Crippen LogP contribution < -0.4 is 5.32 Å². The van der Waals surface area contributed by atoms with E-state index in [9.17, 15) is 4.79 Å². The van der Waals surface area contributed by atoms with Crippen molar-refractivity contribution in [3.05, 3.63) is 6.92 Å². The molecular formula is C8H16NO2. The van der Waals surface area contributed by atoms with Gasteiger partial charge < -0.3 is 10.1 Å². The second-order valence-corrected chi connectivity index (χ2v) is 2.43. The molecule has 0 aromatic heterocycles. The van der Waals surface area contributed by atoms with Crippen LogP contribution in [0.4, 0.5) is 4.79 Å². The molecule has 1 atom stereocenters. The molecule has 0 aromatic carbocycles. The molecule has 0 rings (SSSR count). The molecule has 1 radical (unpaired) electrons. The maximum Gasteiger partial charge on any atom is 0.407 e. The van der Waals surface area contributed by atoms with Gasteiger partial charge in [-0.2, -0.15) is 0 Å². The summed E-state index contributed by atoms with van der Waals surface area (Å²) in [5.74, 6) is 0. The monoisotopic (exact) mass is 158 g/mol. The summed E-state index contributed by atoms with van der Waals surface area (Å²) in [5, 5.41) is 2.61. The Labute approximate surface area is 68.1 Å². The summed E-state index contributed by atoms with van der Waals surface area (Å²) in [5.41, 5.74) is 0. The molecule has 65 valence electrons. The number of nitrogens with one attached hydrogen (secondary N) is 1. The highest BCUT2D eigenvalue weighted by molar-refractivity contribution is 5.67. The maximum atomic E-state index is 10.8. The van der Waals surface area contributed by atoms with Gasteiger partial charge in [-0.3, -0.25) is 0 Å². The fourth-order valence-corrected chi connectivity index (χ4v) is 0.510. The number of hydrogen-bond donors (Lipinski definition) is 1.